The molecule has 3 rings (SSSR count). The Morgan fingerprint density at radius 1 is 1.50 bits per heavy atom. The number of benzene rings is 1. The lowest BCUT2D eigenvalue weighted by Gasteiger charge is -2.17. The third kappa shape index (κ3) is 2.84. The van der Waals surface area contributed by atoms with Crippen LogP contribution in [-0.4, -0.2) is 22.5 Å². The Hall–Kier alpha value is -1.85. The van der Waals surface area contributed by atoms with Crippen molar-refractivity contribution in [3.63, 3.8) is 0 Å². The minimum atomic E-state index is -0.375. The lowest BCUT2D eigenvalue weighted by molar-refractivity contribution is 0.118. The number of thiazole rings is 1. The maximum Gasteiger partial charge on any atom is 0.414 e. The van der Waals surface area contributed by atoms with Gasteiger partial charge in [-0.25, -0.2) is 9.78 Å². The average molecular weight is 307 g/mol. The molecule has 20 heavy (non-hydrogen) atoms. The van der Waals surface area contributed by atoms with Gasteiger partial charge in [0.25, 0.3) is 0 Å². The fourth-order valence-corrected chi connectivity index (χ4v) is 2.81. The number of aromatic nitrogens is 1. The molecule has 0 spiro atoms. The molecule has 0 radical (unpaired) electrons. The highest BCUT2D eigenvalue weighted by Gasteiger charge is 2.14. The van der Waals surface area contributed by atoms with Gasteiger partial charge in [-0.2, -0.15) is 0 Å². The molecule has 6 heteroatoms. The van der Waals surface area contributed by atoms with Gasteiger partial charge in [-0.1, -0.05) is 23.7 Å². The highest BCUT2D eigenvalue weighted by Crippen LogP contribution is 2.12. The molecule has 0 atom stereocenters. The van der Waals surface area contributed by atoms with E-state index in [0.29, 0.717) is 11.6 Å². The zero-order valence-corrected chi connectivity index (χ0v) is 12.0. The third-order valence-electron chi connectivity index (χ3n) is 2.86. The second-order valence-electron chi connectivity index (χ2n) is 4.27. The van der Waals surface area contributed by atoms with Crippen LogP contribution in [0.1, 0.15) is 5.56 Å². The zero-order chi connectivity index (χ0) is 13.9. The number of amides is 1. The van der Waals surface area contributed by atoms with Crippen molar-refractivity contribution < 1.29 is 9.53 Å². The first-order chi connectivity index (χ1) is 9.72. The smallest absolute Gasteiger partial charge is 0.414 e. The number of nitrogens with zero attached hydrogens (tertiary/aromatic N) is 2. The Labute approximate surface area is 124 Å². The molecule has 4 nitrogen and oxygen atoms in total. The van der Waals surface area contributed by atoms with Gasteiger partial charge in [0.05, 0.1) is 15.4 Å². The van der Waals surface area contributed by atoms with E-state index in [4.69, 9.17) is 16.3 Å². The van der Waals surface area contributed by atoms with E-state index in [0.717, 1.165) is 15.4 Å². The molecule has 0 N–H and O–H groups in total. The maximum absolute atomic E-state index is 12.0. The van der Waals surface area contributed by atoms with Crippen LogP contribution in [0.15, 0.2) is 29.8 Å². The number of carbonyl (C=O) groups excluding carboxylic acids is 1. The summed E-state index contributed by atoms with van der Waals surface area (Å²) in [6.45, 7) is 0.685. The van der Waals surface area contributed by atoms with Gasteiger partial charge < -0.3 is 4.74 Å². The summed E-state index contributed by atoms with van der Waals surface area (Å²) in [5.41, 5.74) is 2.63. The number of hydrogen-bond acceptors (Lipinski definition) is 4. The predicted molar refractivity (Wildman–Crippen MR) is 78.6 cm³/mol. The monoisotopic (exact) mass is 306 g/mol. The van der Waals surface area contributed by atoms with Crippen LogP contribution in [0, 0.1) is 0 Å². The Morgan fingerprint density at radius 2 is 2.40 bits per heavy atom. The second-order valence-corrected chi connectivity index (χ2v) is 5.59. The molecule has 1 amide bonds. The molecule has 0 fully saturated rings. The predicted octanol–water partition coefficient (Wildman–Crippen LogP) is 1.97. The van der Waals surface area contributed by atoms with E-state index in [1.165, 1.54) is 16.2 Å². The van der Waals surface area contributed by atoms with Gasteiger partial charge in [0, 0.05) is 17.8 Å². The lowest BCUT2D eigenvalue weighted by Crippen LogP contribution is -2.37. The summed E-state index contributed by atoms with van der Waals surface area (Å²) < 4.78 is 6.24. The molecule has 2 aromatic rings. The zero-order valence-electron chi connectivity index (χ0n) is 10.5. The van der Waals surface area contributed by atoms with Crippen LogP contribution < -0.4 is 9.88 Å². The maximum atomic E-state index is 12.0. The van der Waals surface area contributed by atoms with Crippen LogP contribution in [-0.2, 0) is 11.3 Å². The molecular formula is C14H11ClN2O2S. The number of hydrogen-bond donors (Lipinski definition) is 0. The van der Waals surface area contributed by atoms with E-state index in [9.17, 15) is 4.79 Å². The Balaban J connectivity index is 1.66. The number of rotatable bonds is 2. The number of fused-ring (bicyclic) bond motifs is 1. The van der Waals surface area contributed by atoms with Gasteiger partial charge in [-0.15, -0.1) is 11.3 Å². The quantitative estimate of drug-likeness (QED) is 0.852. The summed E-state index contributed by atoms with van der Waals surface area (Å²) in [6.07, 6.45) is 3.31. The molecule has 1 aromatic heterocycles. The van der Waals surface area contributed by atoms with Crippen molar-refractivity contribution in [2.45, 2.75) is 6.61 Å². The summed E-state index contributed by atoms with van der Waals surface area (Å²) in [7, 11) is 0. The first kappa shape index (κ1) is 13.1. The molecule has 1 aliphatic rings. The van der Waals surface area contributed by atoms with E-state index in [-0.39, 0.29) is 12.7 Å². The van der Waals surface area contributed by atoms with Crippen LogP contribution in [0.3, 0.4) is 0 Å². The van der Waals surface area contributed by atoms with Crippen molar-refractivity contribution >= 4 is 41.3 Å². The Kier molecular flexibility index (Phi) is 3.71. The number of carbonyl (C=O) groups is 1. The fraction of sp³-hybridized carbons (Fsp3) is 0.143. The van der Waals surface area contributed by atoms with Gasteiger partial charge in [0.1, 0.15) is 6.61 Å². The SMILES string of the molecule is O=C(OCc1cccc(Cl)c1)N1C=c2scnc2=CC1. The molecule has 1 aromatic carbocycles. The number of halogens is 1. The summed E-state index contributed by atoms with van der Waals surface area (Å²) in [5.74, 6) is 0. The molecule has 2 heterocycles. The van der Waals surface area contributed by atoms with Crippen molar-refractivity contribution in [1.82, 2.24) is 9.88 Å². The molecule has 0 unspecified atom stereocenters. The van der Waals surface area contributed by atoms with Gasteiger partial charge >= 0.3 is 6.09 Å². The highest BCUT2D eigenvalue weighted by molar-refractivity contribution is 7.07. The molecule has 0 aliphatic carbocycles. The normalized spacial score (nSPS) is 13.2. The number of ether oxygens (including phenoxy) is 1. The molecular weight excluding hydrogens is 296 g/mol. The highest BCUT2D eigenvalue weighted by atomic mass is 35.5. The van der Waals surface area contributed by atoms with Gasteiger partial charge in [0.2, 0.25) is 0 Å². The van der Waals surface area contributed by atoms with E-state index < -0.39 is 0 Å². The Morgan fingerprint density at radius 3 is 3.25 bits per heavy atom. The molecule has 0 saturated carbocycles. The van der Waals surface area contributed by atoms with Crippen molar-refractivity contribution in [3.8, 4) is 0 Å². The van der Waals surface area contributed by atoms with E-state index >= 15 is 0 Å². The van der Waals surface area contributed by atoms with Gasteiger partial charge in [-0.05, 0) is 23.8 Å². The summed E-state index contributed by atoms with van der Waals surface area (Å²) in [4.78, 5) is 17.7. The molecule has 1 aliphatic heterocycles. The molecule has 102 valence electrons. The summed E-state index contributed by atoms with van der Waals surface area (Å²) in [5, 5.41) is 1.56. The standard InChI is InChI=1S/C14H11ClN2O2S/c15-11-3-1-2-10(6-11)8-19-14(18)17-5-4-12-13(7-17)20-9-16-12/h1-4,6-7,9H,5,8H2. The van der Waals surface area contributed by atoms with Crippen molar-refractivity contribution in [2.24, 2.45) is 0 Å². The van der Waals surface area contributed by atoms with Gasteiger partial charge in [0.15, 0.2) is 0 Å². The first-order valence-corrected chi connectivity index (χ1v) is 7.27. The fourth-order valence-electron chi connectivity index (χ4n) is 1.87. The second kappa shape index (κ2) is 5.64. The van der Waals surface area contributed by atoms with Gasteiger partial charge in [-0.3, -0.25) is 4.90 Å². The van der Waals surface area contributed by atoms with Crippen LogP contribution in [0.5, 0.6) is 0 Å². The van der Waals surface area contributed by atoms with E-state index in [1.807, 2.05) is 18.2 Å². The van der Waals surface area contributed by atoms with Crippen molar-refractivity contribution in [2.75, 3.05) is 6.54 Å². The third-order valence-corrected chi connectivity index (χ3v) is 3.88. The topological polar surface area (TPSA) is 42.4 Å². The minimum Gasteiger partial charge on any atom is -0.444 e. The lowest BCUT2D eigenvalue weighted by atomic mass is 10.2. The minimum absolute atomic E-state index is 0.208. The van der Waals surface area contributed by atoms with E-state index in [1.54, 1.807) is 23.8 Å². The van der Waals surface area contributed by atoms with Crippen LogP contribution in [0.4, 0.5) is 4.79 Å². The van der Waals surface area contributed by atoms with Crippen LogP contribution in [0.25, 0.3) is 12.3 Å². The van der Waals surface area contributed by atoms with Crippen LogP contribution in [0.2, 0.25) is 5.02 Å². The van der Waals surface area contributed by atoms with Crippen molar-refractivity contribution in [1.29, 1.82) is 0 Å². The summed E-state index contributed by atoms with van der Waals surface area (Å²) >= 11 is 7.38. The summed E-state index contributed by atoms with van der Waals surface area (Å²) in [6, 6.07) is 7.26. The van der Waals surface area contributed by atoms with Crippen molar-refractivity contribution in [3.05, 3.63) is 50.2 Å². The van der Waals surface area contributed by atoms with Crippen LogP contribution >= 0.6 is 22.9 Å². The first-order valence-electron chi connectivity index (χ1n) is 6.02. The molecule has 0 saturated heterocycles. The van der Waals surface area contributed by atoms with E-state index in [2.05, 4.69) is 4.98 Å². The molecule has 0 bridgehead atoms. The average Bonchev–Trinajstić information content (AvgIpc) is 2.92. The Bertz CT molecular complexity index is 757. The largest absolute Gasteiger partial charge is 0.444 e.